The standard InChI is InChI=1S/C25H25N7O/c1-2-32-25(28-19-7-10-21-18(13-19)11-12-26-24(21)33)29-23(30-32)17-5-8-20(9-6-17)31-14-22(27-15-31)16-3-4-16/h5-10,13-16H,2-4,11-12H2,1H3,(H,26,33)(H,28,29,30). The number of benzene rings is 2. The average Bonchev–Trinajstić information content (AvgIpc) is 3.43. The zero-order chi connectivity index (χ0) is 22.4. The van der Waals surface area contributed by atoms with Crippen molar-refractivity contribution in [3.05, 3.63) is 71.8 Å². The number of nitrogens with one attached hydrogen (secondary N) is 2. The van der Waals surface area contributed by atoms with E-state index in [2.05, 4.69) is 38.5 Å². The summed E-state index contributed by atoms with van der Waals surface area (Å²) in [5, 5.41) is 11.0. The number of imidazole rings is 1. The number of carbonyl (C=O) groups is 1. The lowest BCUT2D eigenvalue weighted by Crippen LogP contribution is -2.31. The largest absolute Gasteiger partial charge is 0.352 e. The van der Waals surface area contributed by atoms with Crippen LogP contribution in [0.2, 0.25) is 0 Å². The summed E-state index contributed by atoms with van der Waals surface area (Å²) in [5.74, 6) is 1.99. The molecule has 0 bridgehead atoms. The van der Waals surface area contributed by atoms with Crippen molar-refractivity contribution in [1.82, 2.24) is 29.6 Å². The molecule has 4 aromatic rings. The SMILES string of the molecule is CCn1nc(-c2ccc(-n3cnc(C4CC4)c3)cc2)nc1Nc1ccc2c(c1)CCNC2=O. The summed E-state index contributed by atoms with van der Waals surface area (Å²) in [6, 6.07) is 14.0. The summed E-state index contributed by atoms with van der Waals surface area (Å²) >= 11 is 0. The molecule has 1 fully saturated rings. The minimum Gasteiger partial charge on any atom is -0.352 e. The Hall–Kier alpha value is -3.94. The number of aryl methyl sites for hydroxylation is 1. The van der Waals surface area contributed by atoms with Crippen LogP contribution in [0.5, 0.6) is 0 Å². The van der Waals surface area contributed by atoms with Crippen LogP contribution in [0.4, 0.5) is 11.6 Å². The maximum atomic E-state index is 12.0. The van der Waals surface area contributed by atoms with E-state index >= 15 is 0 Å². The molecule has 2 aromatic carbocycles. The zero-order valence-corrected chi connectivity index (χ0v) is 18.5. The average molecular weight is 440 g/mol. The van der Waals surface area contributed by atoms with Gasteiger partial charge in [-0.1, -0.05) is 0 Å². The van der Waals surface area contributed by atoms with Gasteiger partial charge in [0, 0.05) is 47.7 Å². The molecular formula is C25H25N7O. The van der Waals surface area contributed by atoms with E-state index in [0.29, 0.717) is 30.8 Å². The van der Waals surface area contributed by atoms with Gasteiger partial charge in [-0.25, -0.2) is 9.67 Å². The van der Waals surface area contributed by atoms with Gasteiger partial charge in [0.25, 0.3) is 5.91 Å². The predicted octanol–water partition coefficient (Wildman–Crippen LogP) is 4.06. The molecule has 8 nitrogen and oxygen atoms in total. The van der Waals surface area contributed by atoms with E-state index in [-0.39, 0.29) is 5.91 Å². The molecule has 0 radical (unpaired) electrons. The molecule has 1 amide bonds. The van der Waals surface area contributed by atoms with Gasteiger partial charge in [-0.3, -0.25) is 4.79 Å². The number of aromatic nitrogens is 5. The quantitative estimate of drug-likeness (QED) is 0.473. The van der Waals surface area contributed by atoms with Crippen molar-refractivity contribution in [3.8, 4) is 17.1 Å². The van der Waals surface area contributed by atoms with Crippen molar-refractivity contribution in [3.63, 3.8) is 0 Å². The third-order valence-corrected chi connectivity index (χ3v) is 6.28. The van der Waals surface area contributed by atoms with Gasteiger partial charge in [0.1, 0.15) is 0 Å². The lowest BCUT2D eigenvalue weighted by molar-refractivity contribution is 0.0946. The summed E-state index contributed by atoms with van der Waals surface area (Å²) in [5.41, 5.74) is 5.90. The van der Waals surface area contributed by atoms with Crippen molar-refractivity contribution >= 4 is 17.5 Å². The second-order valence-electron chi connectivity index (χ2n) is 8.60. The molecule has 8 heteroatoms. The van der Waals surface area contributed by atoms with Gasteiger partial charge < -0.3 is 15.2 Å². The molecule has 33 heavy (non-hydrogen) atoms. The van der Waals surface area contributed by atoms with Crippen molar-refractivity contribution in [2.24, 2.45) is 0 Å². The zero-order valence-electron chi connectivity index (χ0n) is 18.5. The van der Waals surface area contributed by atoms with Gasteiger partial charge in [0.2, 0.25) is 5.95 Å². The maximum absolute atomic E-state index is 12.0. The smallest absolute Gasteiger partial charge is 0.251 e. The van der Waals surface area contributed by atoms with Gasteiger partial charge in [-0.15, -0.1) is 5.10 Å². The highest BCUT2D eigenvalue weighted by Gasteiger charge is 2.25. The minimum absolute atomic E-state index is 0.00952. The summed E-state index contributed by atoms with van der Waals surface area (Å²) in [7, 11) is 0. The van der Waals surface area contributed by atoms with Crippen LogP contribution in [0.25, 0.3) is 17.1 Å². The molecule has 2 N–H and O–H groups in total. The number of hydrogen-bond donors (Lipinski definition) is 2. The fourth-order valence-corrected chi connectivity index (χ4v) is 4.26. The van der Waals surface area contributed by atoms with E-state index in [1.54, 1.807) is 0 Å². The first-order chi connectivity index (χ1) is 16.2. The Morgan fingerprint density at radius 3 is 2.79 bits per heavy atom. The highest BCUT2D eigenvalue weighted by molar-refractivity contribution is 5.97. The molecule has 1 aliphatic heterocycles. The molecule has 0 saturated heterocycles. The number of nitrogens with zero attached hydrogens (tertiary/aromatic N) is 5. The maximum Gasteiger partial charge on any atom is 0.251 e. The molecule has 3 heterocycles. The highest BCUT2D eigenvalue weighted by Crippen LogP contribution is 2.39. The molecule has 2 aliphatic rings. The second kappa shape index (κ2) is 7.88. The number of amides is 1. The van der Waals surface area contributed by atoms with Crippen molar-refractivity contribution in [1.29, 1.82) is 0 Å². The predicted molar refractivity (Wildman–Crippen MR) is 126 cm³/mol. The van der Waals surface area contributed by atoms with Gasteiger partial charge in [0.05, 0.1) is 12.0 Å². The van der Waals surface area contributed by atoms with E-state index in [9.17, 15) is 4.79 Å². The highest BCUT2D eigenvalue weighted by atomic mass is 16.1. The fourth-order valence-electron chi connectivity index (χ4n) is 4.26. The molecule has 2 aromatic heterocycles. The Kier molecular flexibility index (Phi) is 4.71. The second-order valence-corrected chi connectivity index (χ2v) is 8.60. The monoisotopic (exact) mass is 439 g/mol. The van der Waals surface area contributed by atoms with E-state index in [4.69, 9.17) is 10.1 Å². The molecule has 6 rings (SSSR count). The Bertz CT molecular complexity index is 1330. The minimum atomic E-state index is -0.00952. The number of anilines is 2. The number of carbonyl (C=O) groups excluding carboxylic acids is 1. The lowest BCUT2D eigenvalue weighted by atomic mass is 10.00. The first-order valence-corrected chi connectivity index (χ1v) is 11.5. The normalized spacial score (nSPS) is 15.2. The lowest BCUT2D eigenvalue weighted by Gasteiger charge is -2.17. The van der Waals surface area contributed by atoms with Crippen LogP contribution in [-0.2, 0) is 13.0 Å². The first-order valence-electron chi connectivity index (χ1n) is 11.5. The number of rotatable bonds is 6. The van der Waals surface area contributed by atoms with Crippen LogP contribution < -0.4 is 10.6 Å². The third kappa shape index (κ3) is 3.77. The molecular weight excluding hydrogens is 414 g/mol. The summed E-state index contributed by atoms with van der Waals surface area (Å²) in [6.07, 6.45) is 7.34. The number of hydrogen-bond acceptors (Lipinski definition) is 5. The van der Waals surface area contributed by atoms with Crippen LogP contribution in [-0.4, -0.2) is 36.8 Å². The van der Waals surface area contributed by atoms with E-state index < -0.39 is 0 Å². The van der Waals surface area contributed by atoms with Gasteiger partial charge in [-0.05, 0) is 74.2 Å². The Labute approximate surface area is 191 Å². The van der Waals surface area contributed by atoms with Crippen molar-refractivity contribution < 1.29 is 4.79 Å². The molecule has 1 aliphatic carbocycles. The van der Waals surface area contributed by atoms with Crippen LogP contribution in [0.15, 0.2) is 55.0 Å². The fraction of sp³-hybridized carbons (Fsp3) is 0.280. The van der Waals surface area contributed by atoms with Crippen LogP contribution in [0.1, 0.15) is 47.3 Å². The summed E-state index contributed by atoms with van der Waals surface area (Å²) in [4.78, 5) is 21.3. The first kappa shape index (κ1) is 19.7. The summed E-state index contributed by atoms with van der Waals surface area (Å²) in [6.45, 7) is 3.40. The van der Waals surface area contributed by atoms with Gasteiger partial charge in [-0.2, -0.15) is 4.98 Å². The van der Waals surface area contributed by atoms with Crippen molar-refractivity contribution in [2.75, 3.05) is 11.9 Å². The number of fused-ring (bicyclic) bond motifs is 1. The molecule has 0 unspecified atom stereocenters. The third-order valence-electron chi connectivity index (χ3n) is 6.28. The van der Waals surface area contributed by atoms with Crippen LogP contribution >= 0.6 is 0 Å². The molecule has 1 saturated carbocycles. The van der Waals surface area contributed by atoms with Gasteiger partial charge >= 0.3 is 0 Å². The molecule has 166 valence electrons. The van der Waals surface area contributed by atoms with E-state index in [1.165, 1.54) is 18.5 Å². The van der Waals surface area contributed by atoms with Crippen LogP contribution in [0, 0.1) is 0 Å². The Morgan fingerprint density at radius 1 is 1.15 bits per heavy atom. The van der Waals surface area contributed by atoms with Gasteiger partial charge in [0.15, 0.2) is 5.82 Å². The molecule has 0 spiro atoms. The van der Waals surface area contributed by atoms with E-state index in [0.717, 1.165) is 34.5 Å². The van der Waals surface area contributed by atoms with Crippen LogP contribution in [0.3, 0.4) is 0 Å². The Morgan fingerprint density at radius 2 is 2.00 bits per heavy atom. The molecule has 0 atom stereocenters. The Balaban J connectivity index is 1.24. The topological polar surface area (TPSA) is 89.7 Å². The van der Waals surface area contributed by atoms with E-state index in [1.807, 2.05) is 48.3 Å². The summed E-state index contributed by atoms with van der Waals surface area (Å²) < 4.78 is 3.92. The van der Waals surface area contributed by atoms with Crippen molar-refractivity contribution in [2.45, 2.75) is 38.6 Å².